The van der Waals surface area contributed by atoms with Crippen molar-refractivity contribution < 1.29 is 29.0 Å². The molecule has 2 amide bonds. The van der Waals surface area contributed by atoms with Crippen LogP contribution in [-0.4, -0.2) is 65.4 Å². The van der Waals surface area contributed by atoms with E-state index in [2.05, 4.69) is 16.6 Å². The molecule has 8 nitrogen and oxygen atoms in total. The third kappa shape index (κ3) is 5.52. The van der Waals surface area contributed by atoms with Crippen LogP contribution < -0.4 is 5.32 Å². The minimum absolute atomic E-state index is 0.00222. The fourth-order valence-electron chi connectivity index (χ4n) is 2.45. The van der Waals surface area contributed by atoms with Gasteiger partial charge in [-0.3, -0.25) is 4.79 Å². The minimum atomic E-state index is -0.935. The van der Waals surface area contributed by atoms with Crippen molar-refractivity contribution in [3.63, 3.8) is 0 Å². The lowest BCUT2D eigenvalue weighted by atomic mass is 10.1. The maximum atomic E-state index is 12.7. The molecule has 1 heterocycles. The number of nitrogens with zero attached hydrogens (tertiary/aromatic N) is 1. The molecule has 0 saturated carbocycles. The van der Waals surface area contributed by atoms with Gasteiger partial charge in [-0.2, -0.15) is 0 Å². The van der Waals surface area contributed by atoms with E-state index in [1.807, 2.05) is 0 Å². The lowest BCUT2D eigenvalue weighted by Crippen LogP contribution is -2.52. The zero-order chi connectivity index (χ0) is 18.5. The summed E-state index contributed by atoms with van der Waals surface area (Å²) >= 11 is 0. The van der Waals surface area contributed by atoms with E-state index >= 15 is 0 Å². The summed E-state index contributed by atoms with van der Waals surface area (Å²) in [5.74, 6) is -1.10. The third-order valence-electron chi connectivity index (χ3n) is 3.43. The summed E-state index contributed by atoms with van der Waals surface area (Å²) in [6.07, 6.45) is 0.199. The van der Waals surface area contributed by atoms with Crippen LogP contribution in [0.5, 0.6) is 0 Å². The summed E-state index contributed by atoms with van der Waals surface area (Å²) in [5, 5.41) is 12.3. The van der Waals surface area contributed by atoms with Gasteiger partial charge in [-0.1, -0.05) is 6.08 Å². The molecule has 0 aromatic heterocycles. The Morgan fingerprint density at radius 2 is 2.04 bits per heavy atom. The first-order valence-electron chi connectivity index (χ1n) is 7.75. The number of methoxy groups -OCH3 is 1. The Balaban J connectivity index is 2.86. The second kappa shape index (κ2) is 8.14. The predicted octanol–water partition coefficient (Wildman–Crippen LogP) is 0.591. The van der Waals surface area contributed by atoms with Crippen LogP contribution in [0.3, 0.4) is 0 Å². The lowest BCUT2D eigenvalue weighted by molar-refractivity contribution is -0.151. The number of hydrogen-bond donors (Lipinski definition) is 2. The van der Waals surface area contributed by atoms with Gasteiger partial charge in [0.15, 0.2) is 0 Å². The van der Waals surface area contributed by atoms with Crippen molar-refractivity contribution in [1.82, 2.24) is 10.2 Å². The number of aliphatic hydroxyl groups is 1. The van der Waals surface area contributed by atoms with Crippen LogP contribution in [0.2, 0.25) is 0 Å². The fraction of sp³-hybridized carbons (Fsp3) is 0.688. The van der Waals surface area contributed by atoms with E-state index in [0.717, 1.165) is 0 Å². The van der Waals surface area contributed by atoms with Crippen LogP contribution >= 0.6 is 0 Å². The van der Waals surface area contributed by atoms with Gasteiger partial charge in [0.05, 0.1) is 13.2 Å². The van der Waals surface area contributed by atoms with E-state index in [9.17, 15) is 19.5 Å². The van der Waals surface area contributed by atoms with Crippen LogP contribution in [0.4, 0.5) is 4.79 Å². The highest BCUT2D eigenvalue weighted by atomic mass is 16.6. The molecule has 0 aliphatic carbocycles. The Bertz CT molecular complexity index is 499. The number of hydrogen-bond acceptors (Lipinski definition) is 6. The second-order valence-electron chi connectivity index (χ2n) is 6.64. The first-order chi connectivity index (χ1) is 11.1. The van der Waals surface area contributed by atoms with Crippen molar-refractivity contribution in [3.05, 3.63) is 12.7 Å². The molecule has 0 aromatic carbocycles. The van der Waals surface area contributed by atoms with E-state index in [4.69, 9.17) is 4.74 Å². The first-order valence-corrected chi connectivity index (χ1v) is 7.75. The van der Waals surface area contributed by atoms with Gasteiger partial charge in [0.2, 0.25) is 5.91 Å². The minimum Gasteiger partial charge on any atom is -0.467 e. The Morgan fingerprint density at radius 3 is 2.54 bits per heavy atom. The molecule has 1 aliphatic rings. The largest absolute Gasteiger partial charge is 0.467 e. The number of rotatable bonds is 5. The Labute approximate surface area is 141 Å². The molecule has 136 valence electrons. The van der Waals surface area contributed by atoms with Gasteiger partial charge in [-0.25, -0.2) is 9.59 Å². The summed E-state index contributed by atoms with van der Waals surface area (Å²) in [6, 6.07) is -1.81. The molecule has 0 aromatic rings. The molecular weight excluding hydrogens is 316 g/mol. The summed E-state index contributed by atoms with van der Waals surface area (Å²) in [7, 11) is 1.22. The Kier molecular flexibility index (Phi) is 6.77. The number of carbonyl (C=O) groups is 3. The first kappa shape index (κ1) is 20.0. The van der Waals surface area contributed by atoms with E-state index in [-0.39, 0.29) is 19.4 Å². The number of likely N-dealkylation sites (tertiary alicyclic amines) is 1. The zero-order valence-electron chi connectivity index (χ0n) is 14.6. The molecule has 1 aliphatic heterocycles. The quantitative estimate of drug-likeness (QED) is 0.560. The highest BCUT2D eigenvalue weighted by Gasteiger charge is 2.42. The van der Waals surface area contributed by atoms with Gasteiger partial charge in [-0.05, 0) is 27.2 Å². The van der Waals surface area contributed by atoms with Crippen molar-refractivity contribution in [2.24, 2.45) is 0 Å². The van der Waals surface area contributed by atoms with Crippen LogP contribution in [-0.2, 0) is 19.1 Å². The standard InChI is InChI=1S/C16H26N2O6/c1-6-7-11(17-15(22)24-16(2,3)4)13(20)18-9-10(19)8-12(18)14(21)23-5/h6,10-12,19H,1,7-9H2,2-5H3,(H,17,22)/t10-,11?,12+/m1/s1. The van der Waals surface area contributed by atoms with Gasteiger partial charge >= 0.3 is 12.1 Å². The molecule has 0 radical (unpaired) electrons. The molecule has 0 spiro atoms. The second-order valence-corrected chi connectivity index (χ2v) is 6.64. The number of esters is 1. The van der Waals surface area contributed by atoms with Crippen molar-refractivity contribution in [1.29, 1.82) is 0 Å². The molecule has 1 saturated heterocycles. The maximum absolute atomic E-state index is 12.7. The SMILES string of the molecule is C=CCC(NC(=O)OC(C)(C)C)C(=O)N1C[C@H](O)C[C@H]1C(=O)OC. The highest BCUT2D eigenvalue weighted by molar-refractivity contribution is 5.90. The molecule has 24 heavy (non-hydrogen) atoms. The third-order valence-corrected chi connectivity index (χ3v) is 3.43. The molecule has 3 atom stereocenters. The molecule has 1 fully saturated rings. The van der Waals surface area contributed by atoms with Crippen LogP contribution in [0.1, 0.15) is 33.6 Å². The summed E-state index contributed by atoms with van der Waals surface area (Å²) in [4.78, 5) is 37.7. The van der Waals surface area contributed by atoms with Crippen molar-refractivity contribution in [2.45, 2.75) is 57.4 Å². The summed E-state index contributed by atoms with van der Waals surface area (Å²) in [5.41, 5.74) is -0.704. The van der Waals surface area contributed by atoms with Gasteiger partial charge < -0.3 is 24.8 Å². The van der Waals surface area contributed by atoms with Crippen molar-refractivity contribution >= 4 is 18.0 Å². The average molecular weight is 342 g/mol. The number of aliphatic hydroxyl groups excluding tert-OH is 1. The Morgan fingerprint density at radius 1 is 1.42 bits per heavy atom. The van der Waals surface area contributed by atoms with Gasteiger partial charge in [0.1, 0.15) is 17.7 Å². The monoisotopic (exact) mass is 342 g/mol. The average Bonchev–Trinajstić information content (AvgIpc) is 2.85. The van der Waals surface area contributed by atoms with Gasteiger partial charge in [-0.15, -0.1) is 6.58 Å². The lowest BCUT2D eigenvalue weighted by Gasteiger charge is -2.28. The predicted molar refractivity (Wildman–Crippen MR) is 86.1 cm³/mol. The number of carbonyl (C=O) groups excluding carboxylic acids is 3. The zero-order valence-corrected chi connectivity index (χ0v) is 14.6. The molecule has 2 N–H and O–H groups in total. The van der Waals surface area contributed by atoms with E-state index < -0.39 is 41.8 Å². The van der Waals surface area contributed by atoms with E-state index in [1.54, 1.807) is 20.8 Å². The summed E-state index contributed by atoms with van der Waals surface area (Å²) in [6.45, 7) is 8.70. The van der Waals surface area contributed by atoms with E-state index in [1.165, 1.54) is 18.1 Å². The van der Waals surface area contributed by atoms with Crippen LogP contribution in [0, 0.1) is 0 Å². The number of ether oxygens (including phenoxy) is 2. The van der Waals surface area contributed by atoms with Crippen molar-refractivity contribution in [3.8, 4) is 0 Å². The topological polar surface area (TPSA) is 105 Å². The number of amides is 2. The normalized spacial score (nSPS) is 21.8. The van der Waals surface area contributed by atoms with Crippen LogP contribution in [0.15, 0.2) is 12.7 Å². The smallest absolute Gasteiger partial charge is 0.408 e. The maximum Gasteiger partial charge on any atom is 0.408 e. The molecule has 1 unspecified atom stereocenters. The highest BCUT2D eigenvalue weighted by Crippen LogP contribution is 2.21. The number of β-amino-alcohol motifs (C(OH)–C–C–N with tert-alkyl or cyclic N) is 1. The number of nitrogens with one attached hydrogen (secondary N) is 1. The fourth-order valence-corrected chi connectivity index (χ4v) is 2.45. The number of alkyl carbamates (subject to hydrolysis) is 1. The molecule has 1 rings (SSSR count). The van der Waals surface area contributed by atoms with Gasteiger partial charge in [0.25, 0.3) is 0 Å². The van der Waals surface area contributed by atoms with Crippen molar-refractivity contribution in [2.75, 3.05) is 13.7 Å². The molecule has 8 heteroatoms. The van der Waals surface area contributed by atoms with Crippen LogP contribution in [0.25, 0.3) is 0 Å². The Hall–Kier alpha value is -2.09. The van der Waals surface area contributed by atoms with Gasteiger partial charge in [0, 0.05) is 13.0 Å². The summed E-state index contributed by atoms with van der Waals surface area (Å²) < 4.78 is 9.82. The van der Waals surface area contributed by atoms with E-state index in [0.29, 0.717) is 0 Å². The molecular formula is C16H26N2O6. The molecule has 0 bridgehead atoms.